The van der Waals surface area contributed by atoms with Crippen molar-refractivity contribution in [2.45, 2.75) is 26.7 Å². The van der Waals surface area contributed by atoms with E-state index in [2.05, 4.69) is 10.3 Å². The molecule has 0 aromatic heterocycles. The molecule has 0 saturated carbocycles. The Morgan fingerprint density at radius 2 is 0.950 bits per heavy atom. The van der Waals surface area contributed by atoms with Crippen molar-refractivity contribution in [2.24, 2.45) is 10.3 Å². The number of hydrogen-bond donors (Lipinski definition) is 0. The largest absolute Gasteiger partial charge is 0.339 e. The molecule has 0 bridgehead atoms. The molecule has 198 valence electrons. The van der Waals surface area contributed by atoms with Gasteiger partial charge in [-0.15, -0.1) is 0 Å². The van der Waals surface area contributed by atoms with Gasteiger partial charge in [0, 0.05) is 0 Å². The Morgan fingerprint density at radius 3 is 1.40 bits per heavy atom. The van der Waals surface area contributed by atoms with Gasteiger partial charge in [-0.3, -0.25) is 0 Å². The van der Waals surface area contributed by atoms with E-state index in [4.69, 9.17) is 9.68 Å². The van der Waals surface area contributed by atoms with E-state index < -0.39 is 11.9 Å². The SMILES string of the molecule is C/C(=N\OC(=O)Cc1cccc(CC(=O)O/N=C(\C)c2ccc3ccccc3c2)c1)c1ccc2ccccc2c1. The van der Waals surface area contributed by atoms with Gasteiger partial charge in [-0.05, 0) is 69.8 Å². The van der Waals surface area contributed by atoms with Gasteiger partial charge in [-0.25, -0.2) is 9.59 Å². The Labute approximate surface area is 232 Å². The molecular formula is C34H28N2O4. The maximum atomic E-state index is 12.4. The van der Waals surface area contributed by atoms with E-state index in [1.165, 1.54) is 0 Å². The highest BCUT2D eigenvalue weighted by atomic mass is 16.7. The van der Waals surface area contributed by atoms with E-state index in [0.29, 0.717) is 22.6 Å². The number of nitrogens with zero attached hydrogens (tertiary/aromatic N) is 2. The van der Waals surface area contributed by atoms with Gasteiger partial charge in [0.15, 0.2) is 0 Å². The lowest BCUT2D eigenvalue weighted by molar-refractivity contribution is -0.143. The van der Waals surface area contributed by atoms with Gasteiger partial charge in [0.1, 0.15) is 0 Å². The normalized spacial score (nSPS) is 11.9. The number of fused-ring (bicyclic) bond motifs is 2. The molecule has 0 spiro atoms. The maximum absolute atomic E-state index is 12.4. The van der Waals surface area contributed by atoms with Crippen LogP contribution < -0.4 is 0 Å². The molecule has 0 aliphatic rings. The summed E-state index contributed by atoms with van der Waals surface area (Å²) >= 11 is 0. The fraction of sp³-hybridized carbons (Fsp3) is 0.118. The molecule has 6 heteroatoms. The van der Waals surface area contributed by atoms with Crippen LogP contribution in [0, 0.1) is 0 Å². The van der Waals surface area contributed by atoms with Crippen LogP contribution in [0.2, 0.25) is 0 Å². The fourth-order valence-corrected chi connectivity index (χ4v) is 4.42. The van der Waals surface area contributed by atoms with E-state index in [1.54, 1.807) is 38.1 Å². The Bertz CT molecular complexity index is 1640. The summed E-state index contributed by atoms with van der Waals surface area (Å²) in [5.74, 6) is -0.981. The van der Waals surface area contributed by atoms with Gasteiger partial charge in [0.25, 0.3) is 0 Å². The Kier molecular flexibility index (Phi) is 8.07. The smallest absolute Gasteiger partial charge is 0.318 e. The first-order valence-electron chi connectivity index (χ1n) is 13.0. The summed E-state index contributed by atoms with van der Waals surface area (Å²) in [6.07, 6.45) is 0.0488. The van der Waals surface area contributed by atoms with Crippen molar-refractivity contribution in [3.63, 3.8) is 0 Å². The molecule has 5 aromatic carbocycles. The molecule has 5 aromatic rings. The number of benzene rings is 5. The minimum absolute atomic E-state index is 0.0244. The first-order chi connectivity index (χ1) is 19.4. The van der Waals surface area contributed by atoms with Crippen LogP contribution in [0.3, 0.4) is 0 Å². The van der Waals surface area contributed by atoms with Gasteiger partial charge in [-0.1, -0.05) is 107 Å². The monoisotopic (exact) mass is 528 g/mol. The quantitative estimate of drug-likeness (QED) is 0.123. The molecular weight excluding hydrogens is 500 g/mol. The van der Waals surface area contributed by atoms with Crippen LogP contribution >= 0.6 is 0 Å². The van der Waals surface area contributed by atoms with Gasteiger partial charge in [0.2, 0.25) is 0 Å². The van der Waals surface area contributed by atoms with E-state index in [1.807, 2.05) is 84.9 Å². The lowest BCUT2D eigenvalue weighted by atomic mass is 10.0. The molecule has 5 rings (SSSR count). The van der Waals surface area contributed by atoms with Crippen LogP contribution in [0.25, 0.3) is 21.5 Å². The molecule has 0 heterocycles. The van der Waals surface area contributed by atoms with E-state index in [0.717, 1.165) is 32.7 Å². The lowest BCUT2D eigenvalue weighted by Crippen LogP contribution is -2.09. The number of hydrogen-bond acceptors (Lipinski definition) is 6. The van der Waals surface area contributed by atoms with E-state index in [-0.39, 0.29) is 12.8 Å². The Hall–Kier alpha value is -5.10. The van der Waals surface area contributed by atoms with Crippen LogP contribution in [0.15, 0.2) is 120 Å². The molecule has 40 heavy (non-hydrogen) atoms. The summed E-state index contributed by atoms with van der Waals surface area (Å²) in [7, 11) is 0. The molecule has 6 nitrogen and oxygen atoms in total. The van der Waals surface area contributed by atoms with Crippen molar-refractivity contribution in [1.82, 2.24) is 0 Å². The zero-order valence-electron chi connectivity index (χ0n) is 22.3. The van der Waals surface area contributed by atoms with E-state index >= 15 is 0 Å². The van der Waals surface area contributed by atoms with Gasteiger partial charge in [-0.2, -0.15) is 0 Å². The van der Waals surface area contributed by atoms with E-state index in [9.17, 15) is 9.59 Å². The van der Waals surface area contributed by atoms with Crippen LogP contribution in [-0.4, -0.2) is 23.4 Å². The van der Waals surface area contributed by atoms with Crippen molar-refractivity contribution in [1.29, 1.82) is 0 Å². The van der Waals surface area contributed by atoms with Crippen molar-refractivity contribution < 1.29 is 19.3 Å². The number of oxime groups is 2. The summed E-state index contributed by atoms with van der Waals surface area (Å²) in [5.41, 5.74) is 4.40. The van der Waals surface area contributed by atoms with Crippen molar-refractivity contribution in [3.8, 4) is 0 Å². The summed E-state index contributed by atoms with van der Waals surface area (Å²) in [4.78, 5) is 35.2. The predicted octanol–water partition coefficient (Wildman–Crippen LogP) is 7.01. The van der Waals surface area contributed by atoms with Crippen molar-refractivity contribution in [2.75, 3.05) is 0 Å². The lowest BCUT2D eigenvalue weighted by Gasteiger charge is -2.06. The molecule has 0 aliphatic carbocycles. The summed E-state index contributed by atoms with van der Waals surface area (Å²) in [5, 5.41) is 12.5. The van der Waals surface area contributed by atoms with Gasteiger partial charge < -0.3 is 9.68 Å². The van der Waals surface area contributed by atoms with Crippen LogP contribution in [0.5, 0.6) is 0 Å². The minimum Gasteiger partial charge on any atom is -0.318 e. The standard InChI is InChI=1S/C34H28N2O4/c1-23(29-16-14-27-10-3-5-12-31(27)21-29)35-39-33(37)19-25-8-7-9-26(18-25)20-34(38)40-36-24(2)30-17-15-28-11-4-6-13-32(28)22-30/h3-18,21-22H,19-20H2,1-2H3/b35-23+,36-24+. The third kappa shape index (κ3) is 6.66. The molecule has 0 saturated heterocycles. The highest BCUT2D eigenvalue weighted by molar-refractivity contribution is 6.02. The maximum Gasteiger partial charge on any atom is 0.339 e. The molecule has 0 aliphatic heterocycles. The molecule has 0 amide bonds. The second kappa shape index (κ2) is 12.2. The first-order valence-corrected chi connectivity index (χ1v) is 13.0. The van der Waals surface area contributed by atoms with Gasteiger partial charge in [0.05, 0.1) is 24.3 Å². The summed E-state index contributed by atoms with van der Waals surface area (Å²) < 4.78 is 0. The number of carbonyl (C=O) groups excluding carboxylic acids is 2. The average Bonchev–Trinajstić information content (AvgIpc) is 2.98. The average molecular weight is 529 g/mol. The molecule has 0 atom stereocenters. The molecule has 0 radical (unpaired) electrons. The van der Waals surface area contributed by atoms with Crippen LogP contribution in [-0.2, 0) is 32.1 Å². The first kappa shape index (κ1) is 26.5. The molecule has 0 N–H and O–H groups in total. The predicted molar refractivity (Wildman–Crippen MR) is 158 cm³/mol. The summed E-state index contributed by atoms with van der Waals surface area (Å²) in [6.45, 7) is 3.60. The number of rotatable bonds is 8. The van der Waals surface area contributed by atoms with Gasteiger partial charge >= 0.3 is 11.9 Å². The van der Waals surface area contributed by atoms with Crippen LogP contribution in [0.4, 0.5) is 0 Å². The number of carbonyl (C=O) groups is 2. The summed E-state index contributed by atoms with van der Waals surface area (Å²) in [6, 6.07) is 35.2. The Balaban J connectivity index is 1.16. The van der Waals surface area contributed by atoms with Crippen LogP contribution in [0.1, 0.15) is 36.1 Å². The molecule has 0 unspecified atom stereocenters. The third-order valence-corrected chi connectivity index (χ3v) is 6.59. The minimum atomic E-state index is -0.490. The van der Waals surface area contributed by atoms with Crippen molar-refractivity contribution in [3.05, 3.63) is 131 Å². The highest BCUT2D eigenvalue weighted by Crippen LogP contribution is 2.18. The Morgan fingerprint density at radius 1 is 0.525 bits per heavy atom. The second-order valence-electron chi connectivity index (χ2n) is 9.58. The zero-order valence-corrected chi connectivity index (χ0v) is 22.3. The fourth-order valence-electron chi connectivity index (χ4n) is 4.42. The highest BCUT2D eigenvalue weighted by Gasteiger charge is 2.10. The second-order valence-corrected chi connectivity index (χ2v) is 9.58. The third-order valence-electron chi connectivity index (χ3n) is 6.59. The zero-order chi connectivity index (χ0) is 27.9. The molecule has 0 fully saturated rings. The topological polar surface area (TPSA) is 77.3 Å². The van der Waals surface area contributed by atoms with Crippen molar-refractivity contribution >= 4 is 44.9 Å².